The maximum Gasteiger partial charge on any atom is 0.329 e. The fraction of sp³-hybridized carbons (Fsp3) is 0.727. The molecular formula is C44H79N5O7. The van der Waals surface area contributed by atoms with Gasteiger partial charge in [-0.3, -0.25) is 24.0 Å². The molecule has 3 atom stereocenters. The lowest BCUT2D eigenvalue weighted by atomic mass is 10.0. The van der Waals surface area contributed by atoms with Crippen LogP contribution >= 0.6 is 0 Å². The van der Waals surface area contributed by atoms with Gasteiger partial charge in [-0.15, -0.1) is 0 Å². The van der Waals surface area contributed by atoms with Crippen LogP contribution in [0.3, 0.4) is 0 Å². The van der Waals surface area contributed by atoms with Crippen LogP contribution in [0.4, 0.5) is 11.4 Å². The molecule has 12 nitrogen and oxygen atoms in total. The van der Waals surface area contributed by atoms with Gasteiger partial charge in [0.05, 0.1) is 0 Å². The zero-order valence-corrected chi connectivity index (χ0v) is 36.6. The van der Waals surface area contributed by atoms with Gasteiger partial charge in [-0.2, -0.15) is 0 Å². The molecule has 0 aromatic heterocycles. The van der Waals surface area contributed by atoms with E-state index in [1.807, 2.05) is 104 Å². The zero-order valence-electron chi connectivity index (χ0n) is 36.6. The van der Waals surface area contributed by atoms with E-state index in [-0.39, 0.29) is 72.5 Å². The summed E-state index contributed by atoms with van der Waals surface area (Å²) in [6, 6.07) is 5.00. The molecular weight excluding hydrogens is 711 g/mol. The molecule has 5 amide bonds. The van der Waals surface area contributed by atoms with E-state index in [9.17, 15) is 28.8 Å². The Bertz CT molecular complexity index is 1280. The third-order valence-corrected chi connectivity index (χ3v) is 7.65. The van der Waals surface area contributed by atoms with Gasteiger partial charge in [0, 0.05) is 30.6 Å². The highest BCUT2D eigenvalue weighted by Gasteiger charge is 2.28. The number of esters is 1. The highest BCUT2D eigenvalue weighted by molar-refractivity contribution is 5.99. The van der Waals surface area contributed by atoms with E-state index in [4.69, 9.17) is 4.74 Å². The summed E-state index contributed by atoms with van der Waals surface area (Å²) < 4.78 is 5.35. The summed E-state index contributed by atoms with van der Waals surface area (Å²) in [4.78, 5) is 74.1. The highest BCUT2D eigenvalue weighted by atomic mass is 16.6. The number of anilines is 2. The first-order valence-corrected chi connectivity index (χ1v) is 20.1. The normalized spacial score (nSPS) is 12.9. The number of benzene rings is 1. The van der Waals surface area contributed by atoms with Crippen molar-refractivity contribution in [3.63, 3.8) is 0 Å². The van der Waals surface area contributed by atoms with E-state index in [0.717, 1.165) is 0 Å². The lowest BCUT2D eigenvalue weighted by Crippen LogP contribution is -2.45. The van der Waals surface area contributed by atoms with Crippen molar-refractivity contribution in [3.05, 3.63) is 24.3 Å². The molecule has 56 heavy (non-hydrogen) atoms. The quantitative estimate of drug-likeness (QED) is 0.0828. The van der Waals surface area contributed by atoms with Crippen LogP contribution in [0.2, 0.25) is 0 Å². The lowest BCUT2D eigenvalue weighted by molar-refractivity contribution is -0.159. The summed E-state index contributed by atoms with van der Waals surface area (Å²) in [7, 11) is 0. The molecule has 0 saturated heterocycles. The highest BCUT2D eigenvalue weighted by Crippen LogP contribution is 2.18. The lowest BCUT2D eigenvalue weighted by Gasteiger charge is -2.25. The average Bonchev–Trinajstić information content (AvgIpc) is 2.98. The smallest absolute Gasteiger partial charge is 0.329 e. The van der Waals surface area contributed by atoms with E-state index in [0.29, 0.717) is 55.8 Å². The second-order valence-corrected chi connectivity index (χ2v) is 18.1. The van der Waals surface area contributed by atoms with Crippen LogP contribution in [-0.4, -0.2) is 59.2 Å². The van der Waals surface area contributed by atoms with Gasteiger partial charge in [0.1, 0.15) is 23.7 Å². The van der Waals surface area contributed by atoms with E-state index >= 15 is 0 Å². The molecule has 0 fully saturated rings. The first-order valence-electron chi connectivity index (χ1n) is 20.1. The molecule has 322 valence electrons. The number of carbonyl (C=O) groups is 6. The Morgan fingerprint density at radius 2 is 0.750 bits per heavy atom. The minimum absolute atomic E-state index is 0. The average molecular weight is 790 g/mol. The van der Waals surface area contributed by atoms with Crippen molar-refractivity contribution in [1.82, 2.24) is 16.0 Å². The van der Waals surface area contributed by atoms with E-state index < -0.39 is 23.7 Å². The zero-order chi connectivity index (χ0) is 42.6. The molecule has 1 rings (SSSR count). The SMILES string of the molecule is C.CC(C)CC(=O)N[C@@H](CC(C)C)C(=O)Nc1ccc(NC(=O)[C@H](CC(C)C)NC(=O)CC(C)C)cc1.CC(C)CC(=O)N[C@@H](CC(C)C)C(=O)OC(C)(C)C. The predicted octanol–water partition coefficient (Wildman–Crippen LogP) is 8.26. The van der Waals surface area contributed by atoms with E-state index in [1.165, 1.54) is 0 Å². The number of amides is 5. The molecule has 5 N–H and O–H groups in total. The summed E-state index contributed by atoms with van der Waals surface area (Å²) in [5, 5.41) is 14.2. The molecule has 0 aliphatic carbocycles. The summed E-state index contributed by atoms with van der Waals surface area (Å²) in [5.41, 5.74) is 0.595. The van der Waals surface area contributed by atoms with Crippen molar-refractivity contribution in [2.45, 2.75) is 174 Å². The molecule has 0 aliphatic heterocycles. The van der Waals surface area contributed by atoms with Crippen LogP contribution in [0.15, 0.2) is 24.3 Å². The Hall–Kier alpha value is -3.96. The number of hydrogen-bond acceptors (Lipinski definition) is 7. The third-order valence-electron chi connectivity index (χ3n) is 7.65. The molecule has 0 saturated carbocycles. The van der Waals surface area contributed by atoms with E-state index in [1.54, 1.807) is 24.3 Å². The van der Waals surface area contributed by atoms with Crippen molar-refractivity contribution in [2.75, 3.05) is 10.6 Å². The summed E-state index contributed by atoms with van der Waals surface area (Å²) >= 11 is 0. The summed E-state index contributed by atoms with van der Waals surface area (Å²) in [6.45, 7) is 29.3. The van der Waals surface area contributed by atoms with Crippen LogP contribution in [-0.2, 0) is 33.5 Å². The van der Waals surface area contributed by atoms with Gasteiger partial charge in [-0.25, -0.2) is 4.79 Å². The standard InChI is InChI=1S/C28H46N4O4.C15H29NO3.CH4/c1-17(2)13-23(31-25(33)15-19(5)6)27(35)29-21-9-11-22(12-10-21)30-28(36)24(14-18(3)4)32-26(34)16-20(7)8;1-10(2)8-12(14(18)19-15(5,6)7)16-13(17)9-11(3)4;/h9-12,17-20,23-24H,13-16H2,1-8H3,(H,29,35)(H,30,36)(H,31,33)(H,32,34);10-12H,8-9H2,1-7H3,(H,16,17);1H4/t23-,24-;12-;/m00./s1. The van der Waals surface area contributed by atoms with Crippen molar-refractivity contribution in [3.8, 4) is 0 Å². The predicted molar refractivity (Wildman–Crippen MR) is 229 cm³/mol. The van der Waals surface area contributed by atoms with Crippen LogP contribution in [0.1, 0.15) is 150 Å². The van der Waals surface area contributed by atoms with Crippen molar-refractivity contribution in [2.24, 2.45) is 35.5 Å². The Balaban J connectivity index is 0. The summed E-state index contributed by atoms with van der Waals surface area (Å²) in [6.07, 6.45) is 2.82. The molecule has 0 spiro atoms. The molecule has 0 aliphatic rings. The van der Waals surface area contributed by atoms with Gasteiger partial charge in [-0.1, -0.05) is 90.5 Å². The van der Waals surface area contributed by atoms with Gasteiger partial charge in [-0.05, 0) is 99.8 Å². The van der Waals surface area contributed by atoms with Gasteiger partial charge >= 0.3 is 5.97 Å². The van der Waals surface area contributed by atoms with Crippen molar-refractivity contribution < 1.29 is 33.5 Å². The monoisotopic (exact) mass is 790 g/mol. The van der Waals surface area contributed by atoms with Crippen molar-refractivity contribution >= 4 is 46.9 Å². The summed E-state index contributed by atoms with van der Waals surface area (Å²) in [5.74, 6) is 0.207. The van der Waals surface area contributed by atoms with Crippen molar-refractivity contribution in [1.29, 1.82) is 0 Å². The van der Waals surface area contributed by atoms with Gasteiger partial charge < -0.3 is 31.3 Å². The first kappa shape index (κ1) is 54.1. The Labute approximate surface area is 339 Å². The molecule has 12 heteroatoms. The number of nitrogens with one attached hydrogen (secondary N) is 5. The molecule has 0 unspecified atom stereocenters. The molecule has 0 bridgehead atoms. The molecule has 1 aromatic carbocycles. The number of ether oxygens (including phenoxy) is 1. The minimum atomic E-state index is -0.623. The van der Waals surface area contributed by atoms with Crippen LogP contribution in [0.5, 0.6) is 0 Å². The molecule has 0 heterocycles. The molecule has 0 radical (unpaired) electrons. The Kier molecular flexibility index (Phi) is 25.9. The topological polar surface area (TPSA) is 172 Å². The maximum absolute atomic E-state index is 12.9. The van der Waals surface area contributed by atoms with Crippen LogP contribution < -0.4 is 26.6 Å². The molecule has 1 aromatic rings. The fourth-order valence-electron chi connectivity index (χ4n) is 5.43. The Morgan fingerprint density at radius 3 is 1.00 bits per heavy atom. The van der Waals surface area contributed by atoms with Gasteiger partial charge in [0.2, 0.25) is 29.5 Å². The Morgan fingerprint density at radius 1 is 0.482 bits per heavy atom. The van der Waals surface area contributed by atoms with Crippen LogP contribution in [0, 0.1) is 35.5 Å². The van der Waals surface area contributed by atoms with E-state index in [2.05, 4.69) is 26.6 Å². The number of carbonyl (C=O) groups excluding carboxylic acids is 6. The minimum Gasteiger partial charge on any atom is -0.458 e. The third kappa shape index (κ3) is 26.8. The van der Waals surface area contributed by atoms with Crippen LogP contribution in [0.25, 0.3) is 0 Å². The largest absolute Gasteiger partial charge is 0.458 e. The first-order chi connectivity index (χ1) is 25.3. The number of hydrogen-bond donors (Lipinski definition) is 5. The maximum atomic E-state index is 12.9. The second-order valence-electron chi connectivity index (χ2n) is 18.1. The van der Waals surface area contributed by atoms with Gasteiger partial charge in [0.15, 0.2) is 0 Å². The second kappa shape index (κ2) is 26.8. The number of rotatable bonds is 20. The van der Waals surface area contributed by atoms with Gasteiger partial charge in [0.25, 0.3) is 0 Å². The fourth-order valence-corrected chi connectivity index (χ4v) is 5.43.